The second-order valence-corrected chi connectivity index (χ2v) is 9.35. The largest absolute Gasteiger partial charge is 0.338 e. The molecule has 2 aliphatic heterocycles. The van der Waals surface area contributed by atoms with Crippen molar-refractivity contribution in [2.45, 2.75) is 27.2 Å². The van der Waals surface area contributed by atoms with Crippen LogP contribution in [0.4, 0.5) is 5.69 Å². The van der Waals surface area contributed by atoms with Crippen LogP contribution in [-0.4, -0.2) is 44.0 Å². The summed E-state index contributed by atoms with van der Waals surface area (Å²) in [6.07, 6.45) is 1.12. The van der Waals surface area contributed by atoms with Crippen molar-refractivity contribution in [1.29, 1.82) is 0 Å². The Morgan fingerprint density at radius 3 is 2.08 bits per heavy atom. The molecule has 0 aliphatic carbocycles. The number of carbonyl (C=O) groups excluding carboxylic acids is 2. The fourth-order valence-corrected chi connectivity index (χ4v) is 5.66. The number of nitrogens with zero attached hydrogens (tertiary/aromatic N) is 2. The van der Waals surface area contributed by atoms with E-state index in [4.69, 9.17) is 0 Å². The van der Waals surface area contributed by atoms with Crippen molar-refractivity contribution in [3.8, 4) is 0 Å². The van der Waals surface area contributed by atoms with Crippen LogP contribution in [0.1, 0.15) is 37.6 Å². The topological polar surface area (TPSA) is 74.8 Å². The number of amides is 2. The van der Waals surface area contributed by atoms with Gasteiger partial charge in [0.1, 0.15) is 0 Å². The highest BCUT2D eigenvalue weighted by molar-refractivity contribution is 7.94. The molecule has 0 spiro atoms. The summed E-state index contributed by atoms with van der Waals surface area (Å²) in [6.45, 7) is 7.37. The molecule has 0 aromatic heterocycles. The molecule has 136 valence electrons. The van der Waals surface area contributed by atoms with Gasteiger partial charge in [-0.3, -0.25) is 9.59 Å². The van der Waals surface area contributed by atoms with Gasteiger partial charge in [-0.2, -0.15) is 0 Å². The Labute approximate surface area is 148 Å². The molecule has 1 unspecified atom stereocenters. The molecule has 0 saturated carbocycles. The van der Waals surface area contributed by atoms with Crippen LogP contribution in [0.2, 0.25) is 0 Å². The summed E-state index contributed by atoms with van der Waals surface area (Å²) < 4.78 is 25.2. The van der Waals surface area contributed by atoms with Crippen LogP contribution in [-0.2, 0) is 14.8 Å². The molecule has 3 atom stereocenters. The third kappa shape index (κ3) is 3.42. The summed E-state index contributed by atoms with van der Waals surface area (Å²) in [7, 11) is -3.62. The first-order chi connectivity index (χ1) is 11.7. The minimum atomic E-state index is -3.62. The molecule has 7 heteroatoms. The summed E-state index contributed by atoms with van der Waals surface area (Å²) in [5, 5.41) is 0. The zero-order valence-electron chi connectivity index (χ0n) is 14.8. The van der Waals surface area contributed by atoms with Gasteiger partial charge in [-0.15, -0.1) is 0 Å². The van der Waals surface area contributed by atoms with E-state index in [0.717, 1.165) is 23.8 Å². The molecular formula is C18H24N2O4S. The van der Waals surface area contributed by atoms with E-state index in [2.05, 4.69) is 13.8 Å². The number of piperidine rings is 1. The van der Waals surface area contributed by atoms with E-state index in [1.807, 2.05) is 4.90 Å². The Morgan fingerprint density at radius 2 is 1.60 bits per heavy atom. The summed E-state index contributed by atoms with van der Waals surface area (Å²) in [5.74, 6) is -0.230. The second kappa shape index (κ2) is 6.44. The van der Waals surface area contributed by atoms with Gasteiger partial charge in [-0.1, -0.05) is 20.8 Å². The minimum Gasteiger partial charge on any atom is -0.338 e. The van der Waals surface area contributed by atoms with Crippen molar-refractivity contribution in [3.63, 3.8) is 0 Å². The third-order valence-corrected chi connectivity index (χ3v) is 6.73. The third-order valence-electron chi connectivity index (χ3n) is 4.87. The van der Waals surface area contributed by atoms with Gasteiger partial charge in [0.15, 0.2) is 0 Å². The smallest absolute Gasteiger partial charge is 0.253 e. The minimum absolute atomic E-state index is 0.0473. The van der Waals surface area contributed by atoms with Gasteiger partial charge in [0.25, 0.3) is 5.91 Å². The van der Waals surface area contributed by atoms with Crippen molar-refractivity contribution < 1.29 is 18.0 Å². The lowest BCUT2D eigenvalue weighted by Crippen LogP contribution is -2.42. The van der Waals surface area contributed by atoms with Gasteiger partial charge in [0, 0.05) is 18.7 Å². The molecule has 0 bridgehead atoms. The van der Waals surface area contributed by atoms with Gasteiger partial charge in [-0.05, 0) is 42.5 Å². The fraction of sp³-hybridized carbons (Fsp3) is 0.556. The highest BCUT2D eigenvalue weighted by Gasteiger charge is 2.42. The van der Waals surface area contributed by atoms with Crippen molar-refractivity contribution in [2.75, 3.05) is 23.1 Å². The maximum absolute atomic E-state index is 12.7. The number of carbonyl (C=O) groups is 2. The van der Waals surface area contributed by atoms with Crippen LogP contribution >= 0.6 is 0 Å². The van der Waals surface area contributed by atoms with E-state index in [-0.39, 0.29) is 11.7 Å². The van der Waals surface area contributed by atoms with Crippen LogP contribution in [0.5, 0.6) is 0 Å². The normalized spacial score (nSPS) is 29.1. The molecular weight excluding hydrogens is 340 g/mol. The standard InChI is InChI=1S/C18H24N2O4S/c1-12-8-13(2)10-19(9-12)18(22)15-4-6-16(7-5-15)20-17(21)14(3)11-25(20,23)24/h4-7,12-14H,8-11H2,1-3H3/t12-,13+,14?. The number of sulfonamides is 1. The van der Waals surface area contributed by atoms with Crippen molar-refractivity contribution in [3.05, 3.63) is 29.8 Å². The van der Waals surface area contributed by atoms with Gasteiger partial charge < -0.3 is 4.90 Å². The van der Waals surface area contributed by atoms with Crippen LogP contribution < -0.4 is 4.31 Å². The molecule has 6 nitrogen and oxygen atoms in total. The predicted molar refractivity (Wildman–Crippen MR) is 95.7 cm³/mol. The van der Waals surface area contributed by atoms with E-state index in [0.29, 0.717) is 23.1 Å². The number of benzene rings is 1. The molecule has 2 heterocycles. The van der Waals surface area contributed by atoms with Gasteiger partial charge in [0.05, 0.1) is 17.4 Å². The van der Waals surface area contributed by atoms with E-state index in [1.54, 1.807) is 19.1 Å². The van der Waals surface area contributed by atoms with Crippen LogP contribution in [0.25, 0.3) is 0 Å². The number of anilines is 1. The van der Waals surface area contributed by atoms with E-state index in [1.165, 1.54) is 12.1 Å². The maximum Gasteiger partial charge on any atom is 0.253 e. The Balaban J connectivity index is 1.81. The highest BCUT2D eigenvalue weighted by Crippen LogP contribution is 2.29. The Bertz CT molecular complexity index is 778. The first-order valence-corrected chi connectivity index (χ1v) is 10.3. The summed E-state index contributed by atoms with van der Waals surface area (Å²) in [5.41, 5.74) is 0.813. The molecule has 2 saturated heterocycles. The van der Waals surface area contributed by atoms with Gasteiger partial charge in [0.2, 0.25) is 15.9 Å². The van der Waals surface area contributed by atoms with Crippen LogP contribution in [0.3, 0.4) is 0 Å². The summed E-state index contributed by atoms with van der Waals surface area (Å²) >= 11 is 0. The van der Waals surface area contributed by atoms with E-state index in [9.17, 15) is 18.0 Å². The SMILES string of the molecule is CC1CS(=O)(=O)N(c2ccc(C(=O)N3C[C@H](C)C[C@H](C)C3)cc2)C1=O. The number of likely N-dealkylation sites (tertiary alicyclic amines) is 1. The first kappa shape index (κ1) is 17.9. The monoisotopic (exact) mass is 364 g/mol. The molecule has 2 fully saturated rings. The van der Waals surface area contributed by atoms with E-state index < -0.39 is 21.8 Å². The molecule has 0 N–H and O–H groups in total. The summed E-state index contributed by atoms with van der Waals surface area (Å²) in [4.78, 5) is 26.7. The molecule has 25 heavy (non-hydrogen) atoms. The predicted octanol–water partition coefficient (Wildman–Crippen LogP) is 2.12. The number of rotatable bonds is 2. The molecule has 1 aromatic carbocycles. The van der Waals surface area contributed by atoms with Gasteiger partial charge >= 0.3 is 0 Å². The number of hydrogen-bond acceptors (Lipinski definition) is 4. The first-order valence-electron chi connectivity index (χ1n) is 8.65. The quantitative estimate of drug-likeness (QED) is 0.806. The Hall–Kier alpha value is -1.89. The lowest BCUT2D eigenvalue weighted by atomic mass is 9.91. The van der Waals surface area contributed by atoms with Crippen LogP contribution in [0, 0.1) is 17.8 Å². The van der Waals surface area contributed by atoms with Crippen molar-refractivity contribution in [2.24, 2.45) is 17.8 Å². The van der Waals surface area contributed by atoms with Gasteiger partial charge in [-0.25, -0.2) is 12.7 Å². The molecule has 2 amide bonds. The average molecular weight is 364 g/mol. The molecule has 0 radical (unpaired) electrons. The zero-order chi connectivity index (χ0) is 18.4. The second-order valence-electron chi connectivity index (χ2n) is 7.49. The Kier molecular flexibility index (Phi) is 4.62. The Morgan fingerprint density at radius 1 is 1.04 bits per heavy atom. The lowest BCUT2D eigenvalue weighted by Gasteiger charge is -2.35. The zero-order valence-corrected chi connectivity index (χ0v) is 15.6. The molecule has 3 rings (SSSR count). The average Bonchev–Trinajstić information content (AvgIpc) is 2.73. The summed E-state index contributed by atoms with van der Waals surface area (Å²) in [6, 6.07) is 6.29. The molecule has 2 aliphatic rings. The highest BCUT2D eigenvalue weighted by atomic mass is 32.2. The maximum atomic E-state index is 12.7. The fourth-order valence-electron chi connectivity index (χ4n) is 3.84. The lowest BCUT2D eigenvalue weighted by molar-refractivity contribution is -0.119. The molecule has 1 aromatic rings. The van der Waals surface area contributed by atoms with Crippen molar-refractivity contribution >= 4 is 27.5 Å². The number of hydrogen-bond donors (Lipinski definition) is 0. The van der Waals surface area contributed by atoms with E-state index >= 15 is 0 Å². The van der Waals surface area contributed by atoms with Crippen LogP contribution in [0.15, 0.2) is 24.3 Å². The van der Waals surface area contributed by atoms with Crippen molar-refractivity contribution in [1.82, 2.24) is 4.90 Å².